The second-order valence-electron chi connectivity index (χ2n) is 8.29. The topological polar surface area (TPSA) is 58.6 Å². The smallest absolute Gasteiger partial charge is 0.337 e. The van der Waals surface area contributed by atoms with Crippen LogP contribution in [0.3, 0.4) is 0 Å². The molecule has 0 bridgehead atoms. The first-order chi connectivity index (χ1) is 16.0. The summed E-state index contributed by atoms with van der Waals surface area (Å²) in [5.74, 6) is -0.731. The summed E-state index contributed by atoms with van der Waals surface area (Å²) in [6, 6.07) is 20.8. The monoisotopic (exact) mass is 446 g/mol. The molecule has 1 aliphatic heterocycles. The Balaban J connectivity index is 1.60. The third-order valence-electron chi connectivity index (χ3n) is 6.21. The molecule has 6 heteroatoms. The molecule has 0 spiro atoms. The Morgan fingerprint density at radius 2 is 1.70 bits per heavy atom. The van der Waals surface area contributed by atoms with Gasteiger partial charge in [-0.3, -0.25) is 4.79 Å². The molecule has 1 heterocycles. The molecule has 3 aromatic rings. The summed E-state index contributed by atoms with van der Waals surface area (Å²) in [7, 11) is 1.34. The van der Waals surface area contributed by atoms with Crippen molar-refractivity contribution in [1.29, 1.82) is 0 Å². The highest BCUT2D eigenvalue weighted by atomic mass is 19.1. The second kappa shape index (κ2) is 9.96. The number of amides is 1. The Kier molecular flexibility index (Phi) is 6.84. The lowest BCUT2D eigenvalue weighted by Gasteiger charge is -2.35. The highest BCUT2D eigenvalue weighted by Gasteiger charge is 2.31. The summed E-state index contributed by atoms with van der Waals surface area (Å²) in [6.07, 6.45) is 0.614. The zero-order valence-electron chi connectivity index (χ0n) is 18.8. The molecule has 0 fully saturated rings. The number of methoxy groups -OCH3 is 1. The largest absolute Gasteiger partial charge is 0.465 e. The number of nitrogens with zero attached hydrogens (tertiary/aromatic N) is 1. The number of carbonyl (C=O) groups is 2. The van der Waals surface area contributed by atoms with Gasteiger partial charge in [0.15, 0.2) is 0 Å². The van der Waals surface area contributed by atoms with Crippen LogP contribution in [-0.4, -0.2) is 29.9 Å². The fourth-order valence-corrected chi connectivity index (χ4v) is 4.22. The lowest BCUT2D eigenvalue weighted by molar-refractivity contribution is -0.136. The molecule has 170 valence electrons. The van der Waals surface area contributed by atoms with Crippen LogP contribution in [0.5, 0.6) is 0 Å². The molecular formula is C27H27FN2O3. The second-order valence-corrected chi connectivity index (χ2v) is 8.29. The van der Waals surface area contributed by atoms with Crippen LogP contribution in [0, 0.1) is 5.82 Å². The van der Waals surface area contributed by atoms with Crippen LogP contribution < -0.4 is 5.32 Å². The summed E-state index contributed by atoms with van der Waals surface area (Å²) in [4.78, 5) is 27.3. The summed E-state index contributed by atoms with van der Waals surface area (Å²) in [6.45, 7) is 2.95. The molecule has 1 aliphatic rings. The number of halogens is 1. The van der Waals surface area contributed by atoms with Gasteiger partial charge in [-0.25, -0.2) is 9.18 Å². The van der Waals surface area contributed by atoms with Crippen LogP contribution in [0.25, 0.3) is 0 Å². The Morgan fingerprint density at radius 3 is 2.36 bits per heavy atom. The van der Waals surface area contributed by atoms with Gasteiger partial charge in [-0.15, -0.1) is 0 Å². The number of hydrogen-bond donors (Lipinski definition) is 1. The van der Waals surface area contributed by atoms with Crippen LogP contribution >= 0.6 is 0 Å². The van der Waals surface area contributed by atoms with E-state index >= 15 is 0 Å². The predicted octanol–water partition coefficient (Wildman–Crippen LogP) is 4.42. The predicted molar refractivity (Wildman–Crippen MR) is 124 cm³/mol. The molecule has 33 heavy (non-hydrogen) atoms. The van der Waals surface area contributed by atoms with Gasteiger partial charge in [0.2, 0.25) is 5.91 Å². The average Bonchev–Trinajstić information content (AvgIpc) is 2.86. The number of esters is 1. The quantitative estimate of drug-likeness (QED) is 0.570. The standard InChI is InChI=1S/C27H27FN2O3/c1-18(20-11-13-24(28)14-12-20)30(17-19-7-9-21(10-8-19)27(32)33-2)26(31)25-15-22-5-3-4-6-23(22)16-29-25/h3-14,18,25,29H,15-17H2,1-2H3. The maximum absolute atomic E-state index is 13.7. The SMILES string of the molecule is COC(=O)c1ccc(CN(C(=O)C2Cc3ccccc3CN2)C(C)c2ccc(F)cc2)cc1. The van der Waals surface area contributed by atoms with Gasteiger partial charge < -0.3 is 15.0 Å². The fraction of sp³-hybridized carbons (Fsp3) is 0.259. The first-order valence-corrected chi connectivity index (χ1v) is 11.0. The van der Waals surface area contributed by atoms with Gasteiger partial charge in [0, 0.05) is 13.1 Å². The molecule has 3 aromatic carbocycles. The number of fused-ring (bicyclic) bond motifs is 1. The molecule has 0 saturated heterocycles. The molecule has 0 aromatic heterocycles. The third kappa shape index (κ3) is 5.12. The maximum Gasteiger partial charge on any atom is 0.337 e. The molecular weight excluding hydrogens is 419 g/mol. The number of carbonyl (C=O) groups excluding carboxylic acids is 2. The van der Waals surface area contributed by atoms with Crippen molar-refractivity contribution < 1.29 is 18.7 Å². The van der Waals surface area contributed by atoms with Gasteiger partial charge in [-0.1, -0.05) is 48.5 Å². The van der Waals surface area contributed by atoms with E-state index < -0.39 is 5.97 Å². The number of nitrogens with one attached hydrogen (secondary N) is 1. The number of rotatable bonds is 6. The van der Waals surface area contributed by atoms with Crippen molar-refractivity contribution in [3.8, 4) is 0 Å². The Morgan fingerprint density at radius 1 is 1.03 bits per heavy atom. The van der Waals surface area contributed by atoms with Gasteiger partial charge in [-0.2, -0.15) is 0 Å². The minimum Gasteiger partial charge on any atom is -0.465 e. The zero-order valence-corrected chi connectivity index (χ0v) is 18.8. The highest BCUT2D eigenvalue weighted by Crippen LogP contribution is 2.26. The Hall–Kier alpha value is -3.51. The molecule has 5 nitrogen and oxygen atoms in total. The van der Waals surface area contributed by atoms with Crippen molar-refractivity contribution in [2.75, 3.05) is 7.11 Å². The van der Waals surface area contributed by atoms with Crippen molar-refractivity contribution in [2.45, 2.75) is 38.5 Å². The van der Waals surface area contributed by atoms with E-state index in [0.29, 0.717) is 25.1 Å². The van der Waals surface area contributed by atoms with E-state index in [0.717, 1.165) is 11.1 Å². The van der Waals surface area contributed by atoms with Crippen LogP contribution in [0.4, 0.5) is 4.39 Å². The van der Waals surface area contributed by atoms with Gasteiger partial charge in [0.05, 0.1) is 24.8 Å². The van der Waals surface area contributed by atoms with Gasteiger partial charge in [-0.05, 0) is 59.9 Å². The normalized spacial score (nSPS) is 15.9. The number of hydrogen-bond acceptors (Lipinski definition) is 4. The highest BCUT2D eigenvalue weighted by molar-refractivity contribution is 5.89. The summed E-state index contributed by atoms with van der Waals surface area (Å²) >= 11 is 0. The van der Waals surface area contributed by atoms with Crippen LogP contribution in [0.1, 0.15) is 45.6 Å². The lowest BCUT2D eigenvalue weighted by Crippen LogP contribution is -2.49. The molecule has 1 N–H and O–H groups in total. The van der Waals surface area contributed by atoms with Crippen LogP contribution in [0.15, 0.2) is 72.8 Å². The van der Waals surface area contributed by atoms with E-state index in [1.165, 1.54) is 30.4 Å². The number of benzene rings is 3. The first kappa shape index (κ1) is 22.7. The van der Waals surface area contributed by atoms with Crippen molar-refractivity contribution in [3.63, 3.8) is 0 Å². The van der Waals surface area contributed by atoms with E-state index in [1.807, 2.05) is 36.1 Å². The minimum absolute atomic E-state index is 0.0154. The summed E-state index contributed by atoms with van der Waals surface area (Å²) in [5.41, 5.74) is 4.58. The van der Waals surface area contributed by atoms with E-state index in [2.05, 4.69) is 17.4 Å². The molecule has 2 atom stereocenters. The molecule has 0 aliphatic carbocycles. The van der Waals surface area contributed by atoms with Crippen LogP contribution in [-0.2, 0) is 29.0 Å². The molecule has 2 unspecified atom stereocenters. The van der Waals surface area contributed by atoms with Gasteiger partial charge in [0.25, 0.3) is 0 Å². The van der Waals surface area contributed by atoms with E-state index in [1.54, 1.807) is 24.3 Å². The van der Waals surface area contributed by atoms with Crippen molar-refractivity contribution in [2.24, 2.45) is 0 Å². The lowest BCUT2D eigenvalue weighted by atomic mass is 9.94. The van der Waals surface area contributed by atoms with Crippen LogP contribution in [0.2, 0.25) is 0 Å². The third-order valence-corrected chi connectivity index (χ3v) is 6.21. The van der Waals surface area contributed by atoms with Gasteiger partial charge >= 0.3 is 5.97 Å². The molecule has 4 rings (SSSR count). The van der Waals surface area contributed by atoms with Gasteiger partial charge in [0.1, 0.15) is 5.82 Å². The molecule has 1 amide bonds. The van der Waals surface area contributed by atoms with Crippen molar-refractivity contribution >= 4 is 11.9 Å². The summed E-state index contributed by atoms with van der Waals surface area (Å²) < 4.78 is 18.3. The molecule has 0 saturated carbocycles. The van der Waals surface area contributed by atoms with E-state index in [-0.39, 0.29) is 23.8 Å². The Bertz CT molecular complexity index is 1130. The van der Waals surface area contributed by atoms with E-state index in [9.17, 15) is 14.0 Å². The minimum atomic E-state index is -0.403. The van der Waals surface area contributed by atoms with Crippen molar-refractivity contribution in [1.82, 2.24) is 10.2 Å². The fourth-order valence-electron chi connectivity index (χ4n) is 4.22. The molecule has 0 radical (unpaired) electrons. The first-order valence-electron chi connectivity index (χ1n) is 11.0. The number of ether oxygens (including phenoxy) is 1. The maximum atomic E-state index is 13.7. The zero-order chi connectivity index (χ0) is 23.4. The van der Waals surface area contributed by atoms with Crippen molar-refractivity contribution in [3.05, 3.63) is 106 Å². The Labute approximate surface area is 193 Å². The van der Waals surface area contributed by atoms with E-state index in [4.69, 9.17) is 4.74 Å². The summed E-state index contributed by atoms with van der Waals surface area (Å²) in [5, 5.41) is 3.38. The average molecular weight is 447 g/mol.